The number of methoxy groups -OCH3 is 1. The van der Waals surface area contributed by atoms with Gasteiger partial charge in [-0.3, -0.25) is 9.59 Å². The topological polar surface area (TPSA) is 67.4 Å². The van der Waals surface area contributed by atoms with E-state index in [9.17, 15) is 9.59 Å². The monoisotopic (exact) mass is 326 g/mol. The zero-order valence-electron chi connectivity index (χ0n) is 14.1. The van der Waals surface area contributed by atoms with E-state index >= 15 is 0 Å². The van der Waals surface area contributed by atoms with Gasteiger partial charge in [-0.15, -0.1) is 0 Å². The standard InChI is InChI=1S/C19H22N2O3/c1-13(15-7-5-4-6-8-15)11-19(23)21-17-12-16(20-14(2)22)9-10-18(17)24-3/h4-10,12-13H,11H2,1-3H3,(H,20,22)(H,21,23)/t13-/m0/s1. The van der Waals surface area contributed by atoms with Gasteiger partial charge in [0.25, 0.3) is 0 Å². The van der Waals surface area contributed by atoms with E-state index in [0.29, 0.717) is 23.5 Å². The Hall–Kier alpha value is -2.82. The van der Waals surface area contributed by atoms with E-state index in [0.717, 1.165) is 5.56 Å². The summed E-state index contributed by atoms with van der Waals surface area (Å²) in [4.78, 5) is 23.5. The van der Waals surface area contributed by atoms with Gasteiger partial charge in [0, 0.05) is 19.0 Å². The third-order valence-corrected chi connectivity index (χ3v) is 3.65. The molecule has 0 aromatic heterocycles. The summed E-state index contributed by atoms with van der Waals surface area (Å²) in [6, 6.07) is 15.0. The minimum absolute atomic E-state index is 0.107. The van der Waals surface area contributed by atoms with Gasteiger partial charge in [-0.25, -0.2) is 0 Å². The van der Waals surface area contributed by atoms with Gasteiger partial charge >= 0.3 is 0 Å². The molecule has 0 saturated carbocycles. The number of anilines is 2. The van der Waals surface area contributed by atoms with Gasteiger partial charge in [-0.1, -0.05) is 37.3 Å². The molecule has 0 spiro atoms. The summed E-state index contributed by atoms with van der Waals surface area (Å²) in [5.41, 5.74) is 2.26. The highest BCUT2D eigenvalue weighted by Gasteiger charge is 2.14. The molecule has 2 aromatic rings. The van der Waals surface area contributed by atoms with Crippen LogP contribution in [0.4, 0.5) is 11.4 Å². The van der Waals surface area contributed by atoms with Crippen molar-refractivity contribution in [2.24, 2.45) is 0 Å². The Morgan fingerprint density at radius 3 is 2.42 bits per heavy atom. The Kier molecular flexibility index (Phi) is 5.95. The van der Waals surface area contributed by atoms with Crippen LogP contribution in [0.5, 0.6) is 5.75 Å². The summed E-state index contributed by atoms with van der Waals surface area (Å²) in [6.07, 6.45) is 0.359. The molecule has 5 nitrogen and oxygen atoms in total. The number of hydrogen-bond donors (Lipinski definition) is 2. The normalized spacial score (nSPS) is 11.5. The molecule has 2 rings (SSSR count). The van der Waals surface area contributed by atoms with Gasteiger partial charge in [0.05, 0.1) is 12.8 Å². The van der Waals surface area contributed by atoms with Gasteiger partial charge in [0.2, 0.25) is 11.8 Å². The lowest BCUT2D eigenvalue weighted by atomic mass is 9.97. The lowest BCUT2D eigenvalue weighted by Crippen LogP contribution is -2.15. The molecule has 0 unspecified atom stereocenters. The summed E-state index contributed by atoms with van der Waals surface area (Å²) in [7, 11) is 1.54. The van der Waals surface area contributed by atoms with Crippen molar-refractivity contribution < 1.29 is 14.3 Å². The van der Waals surface area contributed by atoms with Crippen LogP contribution in [0.1, 0.15) is 31.7 Å². The van der Waals surface area contributed by atoms with E-state index in [1.807, 2.05) is 37.3 Å². The summed E-state index contributed by atoms with van der Waals surface area (Å²) in [6.45, 7) is 3.45. The third-order valence-electron chi connectivity index (χ3n) is 3.65. The van der Waals surface area contributed by atoms with Crippen molar-refractivity contribution in [2.75, 3.05) is 17.7 Å². The molecule has 2 aromatic carbocycles. The number of carbonyl (C=O) groups excluding carboxylic acids is 2. The lowest BCUT2D eigenvalue weighted by Gasteiger charge is -2.15. The number of carbonyl (C=O) groups is 2. The Bertz CT molecular complexity index is 714. The minimum atomic E-state index is -0.171. The number of nitrogens with one attached hydrogen (secondary N) is 2. The summed E-state index contributed by atoms with van der Waals surface area (Å²) < 4.78 is 5.27. The van der Waals surface area contributed by atoms with Crippen LogP contribution in [-0.2, 0) is 9.59 Å². The number of benzene rings is 2. The number of amides is 2. The average Bonchev–Trinajstić information content (AvgIpc) is 2.55. The van der Waals surface area contributed by atoms with Crippen LogP contribution in [0.25, 0.3) is 0 Å². The lowest BCUT2D eigenvalue weighted by molar-refractivity contribution is -0.116. The zero-order valence-corrected chi connectivity index (χ0v) is 14.1. The van der Waals surface area contributed by atoms with Crippen LogP contribution >= 0.6 is 0 Å². The Balaban J connectivity index is 2.08. The zero-order chi connectivity index (χ0) is 17.5. The minimum Gasteiger partial charge on any atom is -0.495 e. The largest absolute Gasteiger partial charge is 0.495 e. The fraction of sp³-hybridized carbons (Fsp3) is 0.263. The van der Waals surface area contributed by atoms with Gasteiger partial charge in [0.15, 0.2) is 0 Å². The Morgan fingerprint density at radius 2 is 1.79 bits per heavy atom. The molecule has 2 N–H and O–H groups in total. The summed E-state index contributed by atoms with van der Waals surface area (Å²) in [5, 5.41) is 5.55. The van der Waals surface area contributed by atoms with Crippen molar-refractivity contribution in [2.45, 2.75) is 26.2 Å². The van der Waals surface area contributed by atoms with Crippen LogP contribution in [0, 0.1) is 0 Å². The van der Waals surface area contributed by atoms with E-state index < -0.39 is 0 Å². The maximum absolute atomic E-state index is 12.3. The molecule has 5 heteroatoms. The second-order valence-electron chi connectivity index (χ2n) is 5.66. The molecule has 0 aliphatic heterocycles. The molecular formula is C19H22N2O3. The molecule has 0 aliphatic rings. The molecule has 126 valence electrons. The van der Waals surface area contributed by atoms with Crippen LogP contribution in [0.15, 0.2) is 48.5 Å². The van der Waals surface area contributed by atoms with E-state index in [2.05, 4.69) is 10.6 Å². The van der Waals surface area contributed by atoms with E-state index in [1.54, 1.807) is 18.2 Å². The molecule has 0 radical (unpaired) electrons. The van der Waals surface area contributed by atoms with Crippen LogP contribution in [-0.4, -0.2) is 18.9 Å². The van der Waals surface area contributed by atoms with Crippen molar-refractivity contribution in [1.82, 2.24) is 0 Å². The van der Waals surface area contributed by atoms with Crippen molar-refractivity contribution in [1.29, 1.82) is 0 Å². The molecule has 0 heterocycles. The molecule has 2 amide bonds. The van der Waals surface area contributed by atoms with E-state index in [4.69, 9.17) is 4.74 Å². The average molecular weight is 326 g/mol. The van der Waals surface area contributed by atoms with Crippen molar-refractivity contribution >= 4 is 23.2 Å². The predicted molar refractivity (Wildman–Crippen MR) is 95.4 cm³/mol. The smallest absolute Gasteiger partial charge is 0.225 e. The Morgan fingerprint density at radius 1 is 1.08 bits per heavy atom. The molecule has 0 aliphatic carbocycles. The first-order chi connectivity index (χ1) is 11.5. The van der Waals surface area contributed by atoms with Gasteiger partial charge in [-0.05, 0) is 29.7 Å². The maximum Gasteiger partial charge on any atom is 0.225 e. The molecular weight excluding hydrogens is 304 g/mol. The molecule has 1 atom stereocenters. The highest BCUT2D eigenvalue weighted by Crippen LogP contribution is 2.29. The molecule has 0 saturated heterocycles. The van der Waals surface area contributed by atoms with Crippen LogP contribution in [0.2, 0.25) is 0 Å². The number of ether oxygens (including phenoxy) is 1. The number of hydrogen-bond acceptors (Lipinski definition) is 3. The first-order valence-corrected chi connectivity index (χ1v) is 7.80. The second kappa shape index (κ2) is 8.15. The maximum atomic E-state index is 12.3. The van der Waals surface area contributed by atoms with Crippen molar-refractivity contribution in [3.8, 4) is 5.75 Å². The highest BCUT2D eigenvalue weighted by molar-refractivity contribution is 5.95. The third kappa shape index (κ3) is 4.84. The fourth-order valence-corrected chi connectivity index (χ4v) is 2.47. The van der Waals surface area contributed by atoms with E-state index in [-0.39, 0.29) is 17.7 Å². The predicted octanol–water partition coefficient (Wildman–Crippen LogP) is 3.79. The SMILES string of the molecule is COc1ccc(NC(C)=O)cc1NC(=O)C[C@H](C)c1ccccc1. The molecule has 0 bridgehead atoms. The molecule has 24 heavy (non-hydrogen) atoms. The fourth-order valence-electron chi connectivity index (χ4n) is 2.47. The summed E-state index contributed by atoms with van der Waals surface area (Å²) >= 11 is 0. The quantitative estimate of drug-likeness (QED) is 0.849. The summed E-state index contributed by atoms with van der Waals surface area (Å²) in [5.74, 6) is 0.375. The van der Waals surface area contributed by atoms with Crippen LogP contribution < -0.4 is 15.4 Å². The van der Waals surface area contributed by atoms with Gasteiger partial charge in [0.1, 0.15) is 5.75 Å². The first-order valence-electron chi connectivity index (χ1n) is 7.80. The van der Waals surface area contributed by atoms with E-state index in [1.165, 1.54) is 14.0 Å². The van der Waals surface area contributed by atoms with Gasteiger partial charge in [-0.2, -0.15) is 0 Å². The molecule has 0 fully saturated rings. The van der Waals surface area contributed by atoms with Crippen molar-refractivity contribution in [3.63, 3.8) is 0 Å². The second-order valence-corrected chi connectivity index (χ2v) is 5.66. The van der Waals surface area contributed by atoms with Crippen LogP contribution in [0.3, 0.4) is 0 Å². The number of rotatable bonds is 6. The highest BCUT2D eigenvalue weighted by atomic mass is 16.5. The Labute approximate surface area is 142 Å². The van der Waals surface area contributed by atoms with Crippen molar-refractivity contribution in [3.05, 3.63) is 54.1 Å². The first kappa shape index (κ1) is 17.5. The van der Waals surface area contributed by atoms with Gasteiger partial charge < -0.3 is 15.4 Å².